The Kier molecular flexibility index (Phi) is 6.84. The molecule has 1 aliphatic carbocycles. The predicted octanol–water partition coefficient (Wildman–Crippen LogP) is 0.938. The van der Waals surface area contributed by atoms with E-state index in [2.05, 4.69) is 16.0 Å². The zero-order valence-electron chi connectivity index (χ0n) is 12.3. The van der Waals surface area contributed by atoms with E-state index >= 15 is 0 Å². The van der Waals surface area contributed by atoms with Gasteiger partial charge < -0.3 is 10.6 Å². The zero-order chi connectivity index (χ0) is 14.3. The Hall–Kier alpha value is -1.10. The van der Waals surface area contributed by atoms with Crippen molar-refractivity contribution in [1.29, 1.82) is 0 Å². The molecule has 0 radical (unpaired) electrons. The maximum absolute atomic E-state index is 12.0. The van der Waals surface area contributed by atoms with Gasteiger partial charge in [0.2, 0.25) is 11.8 Å². The molecule has 2 amide bonds. The Labute approximate surface area is 115 Å². The number of carbonyl (C=O) groups is 2. The van der Waals surface area contributed by atoms with Crippen LogP contribution in [-0.2, 0) is 9.59 Å². The first-order valence-corrected chi connectivity index (χ1v) is 7.38. The molecular formula is C14H27N3O2. The van der Waals surface area contributed by atoms with E-state index in [1.807, 2.05) is 6.92 Å². The fourth-order valence-electron chi connectivity index (χ4n) is 2.32. The van der Waals surface area contributed by atoms with Gasteiger partial charge in [-0.3, -0.25) is 14.9 Å². The SMILES string of the molecule is CCCNC(=O)C(C)NC(C)C(=O)NC1CCCC1. The molecule has 0 heterocycles. The topological polar surface area (TPSA) is 70.2 Å². The van der Waals surface area contributed by atoms with Crippen molar-refractivity contribution >= 4 is 11.8 Å². The Balaban J connectivity index is 2.29. The van der Waals surface area contributed by atoms with E-state index in [1.165, 1.54) is 12.8 Å². The lowest BCUT2D eigenvalue weighted by atomic mass is 10.2. The Morgan fingerprint density at radius 3 is 2.26 bits per heavy atom. The second-order valence-electron chi connectivity index (χ2n) is 5.39. The summed E-state index contributed by atoms with van der Waals surface area (Å²) in [6.45, 7) is 6.27. The lowest BCUT2D eigenvalue weighted by Crippen LogP contribution is -2.52. The van der Waals surface area contributed by atoms with Gasteiger partial charge in [0.05, 0.1) is 12.1 Å². The summed E-state index contributed by atoms with van der Waals surface area (Å²) in [5, 5.41) is 8.89. The Morgan fingerprint density at radius 2 is 1.68 bits per heavy atom. The van der Waals surface area contributed by atoms with Gasteiger partial charge in [0.15, 0.2) is 0 Å². The first-order chi connectivity index (χ1) is 9.04. The van der Waals surface area contributed by atoms with Crippen molar-refractivity contribution in [2.75, 3.05) is 6.54 Å². The third kappa shape index (κ3) is 5.59. The molecule has 1 aliphatic rings. The molecule has 5 nitrogen and oxygen atoms in total. The molecule has 2 atom stereocenters. The maximum atomic E-state index is 12.0. The van der Waals surface area contributed by atoms with Crippen LogP contribution in [-0.4, -0.2) is 36.5 Å². The quantitative estimate of drug-likeness (QED) is 0.644. The fourth-order valence-corrected chi connectivity index (χ4v) is 2.32. The summed E-state index contributed by atoms with van der Waals surface area (Å²) in [6.07, 6.45) is 5.46. The van der Waals surface area contributed by atoms with E-state index in [-0.39, 0.29) is 23.9 Å². The highest BCUT2D eigenvalue weighted by Crippen LogP contribution is 2.17. The molecule has 0 aromatic carbocycles. The summed E-state index contributed by atoms with van der Waals surface area (Å²) in [5.41, 5.74) is 0. The first-order valence-electron chi connectivity index (χ1n) is 7.38. The highest BCUT2D eigenvalue weighted by molar-refractivity contribution is 5.84. The molecule has 0 aromatic heterocycles. The molecule has 0 spiro atoms. The molecule has 0 aromatic rings. The lowest BCUT2D eigenvalue weighted by molar-refractivity contribution is -0.125. The molecule has 110 valence electrons. The molecule has 1 saturated carbocycles. The van der Waals surface area contributed by atoms with Crippen molar-refractivity contribution in [3.8, 4) is 0 Å². The first kappa shape index (κ1) is 16.0. The van der Waals surface area contributed by atoms with Crippen LogP contribution in [0.5, 0.6) is 0 Å². The molecule has 1 fully saturated rings. The average Bonchev–Trinajstić information content (AvgIpc) is 2.88. The summed E-state index contributed by atoms with van der Waals surface area (Å²) in [4.78, 5) is 23.7. The van der Waals surface area contributed by atoms with Crippen LogP contribution in [0, 0.1) is 0 Å². The number of amides is 2. The van der Waals surface area contributed by atoms with Gasteiger partial charge in [0.25, 0.3) is 0 Å². The van der Waals surface area contributed by atoms with Crippen molar-refractivity contribution in [2.24, 2.45) is 0 Å². The fraction of sp³-hybridized carbons (Fsp3) is 0.857. The second-order valence-corrected chi connectivity index (χ2v) is 5.39. The van der Waals surface area contributed by atoms with Crippen LogP contribution >= 0.6 is 0 Å². The van der Waals surface area contributed by atoms with E-state index in [0.717, 1.165) is 19.3 Å². The van der Waals surface area contributed by atoms with Crippen LogP contribution in [0.15, 0.2) is 0 Å². The third-order valence-electron chi connectivity index (χ3n) is 3.54. The summed E-state index contributed by atoms with van der Waals surface area (Å²) >= 11 is 0. The molecule has 1 rings (SSSR count). The number of nitrogens with one attached hydrogen (secondary N) is 3. The minimum atomic E-state index is -0.351. The van der Waals surface area contributed by atoms with Crippen molar-refractivity contribution in [3.05, 3.63) is 0 Å². The van der Waals surface area contributed by atoms with Gasteiger partial charge in [-0.1, -0.05) is 19.8 Å². The zero-order valence-corrected chi connectivity index (χ0v) is 12.3. The molecule has 2 unspecified atom stereocenters. The van der Waals surface area contributed by atoms with E-state index < -0.39 is 0 Å². The number of hydrogen-bond acceptors (Lipinski definition) is 3. The van der Waals surface area contributed by atoms with Gasteiger partial charge >= 0.3 is 0 Å². The smallest absolute Gasteiger partial charge is 0.237 e. The number of rotatable bonds is 7. The highest BCUT2D eigenvalue weighted by atomic mass is 16.2. The van der Waals surface area contributed by atoms with Crippen LogP contribution in [0.25, 0.3) is 0 Å². The third-order valence-corrected chi connectivity index (χ3v) is 3.54. The van der Waals surface area contributed by atoms with Crippen molar-refractivity contribution in [3.63, 3.8) is 0 Å². The van der Waals surface area contributed by atoms with E-state index in [0.29, 0.717) is 12.6 Å². The monoisotopic (exact) mass is 269 g/mol. The van der Waals surface area contributed by atoms with Crippen LogP contribution < -0.4 is 16.0 Å². The maximum Gasteiger partial charge on any atom is 0.237 e. The Bertz CT molecular complexity index is 301. The summed E-state index contributed by atoms with van der Waals surface area (Å²) < 4.78 is 0. The Morgan fingerprint density at radius 1 is 1.11 bits per heavy atom. The molecule has 0 bridgehead atoms. The summed E-state index contributed by atoms with van der Waals surface area (Å²) in [5.74, 6) is -0.0654. The van der Waals surface area contributed by atoms with Crippen LogP contribution in [0.3, 0.4) is 0 Å². The highest BCUT2D eigenvalue weighted by Gasteiger charge is 2.23. The standard InChI is InChI=1S/C14H27N3O2/c1-4-9-15-13(18)10(2)16-11(3)14(19)17-12-7-5-6-8-12/h10-12,16H,4-9H2,1-3H3,(H,15,18)(H,17,19). The van der Waals surface area contributed by atoms with Gasteiger partial charge in [0, 0.05) is 12.6 Å². The van der Waals surface area contributed by atoms with Crippen molar-refractivity contribution in [1.82, 2.24) is 16.0 Å². The van der Waals surface area contributed by atoms with E-state index in [4.69, 9.17) is 0 Å². The predicted molar refractivity (Wildman–Crippen MR) is 75.8 cm³/mol. The van der Waals surface area contributed by atoms with Crippen LogP contribution in [0.1, 0.15) is 52.9 Å². The van der Waals surface area contributed by atoms with Gasteiger partial charge in [-0.25, -0.2) is 0 Å². The number of hydrogen-bond donors (Lipinski definition) is 3. The molecular weight excluding hydrogens is 242 g/mol. The van der Waals surface area contributed by atoms with Crippen molar-refractivity contribution in [2.45, 2.75) is 71.0 Å². The van der Waals surface area contributed by atoms with Gasteiger partial charge in [0.1, 0.15) is 0 Å². The van der Waals surface area contributed by atoms with E-state index in [9.17, 15) is 9.59 Å². The molecule has 3 N–H and O–H groups in total. The van der Waals surface area contributed by atoms with Gasteiger partial charge in [-0.2, -0.15) is 0 Å². The van der Waals surface area contributed by atoms with Gasteiger partial charge in [-0.05, 0) is 33.1 Å². The van der Waals surface area contributed by atoms with Crippen molar-refractivity contribution < 1.29 is 9.59 Å². The summed E-state index contributed by atoms with van der Waals surface area (Å²) in [6, 6.07) is -0.375. The largest absolute Gasteiger partial charge is 0.355 e. The normalized spacial score (nSPS) is 18.9. The van der Waals surface area contributed by atoms with Gasteiger partial charge in [-0.15, -0.1) is 0 Å². The van der Waals surface area contributed by atoms with Crippen LogP contribution in [0.4, 0.5) is 0 Å². The average molecular weight is 269 g/mol. The molecule has 0 saturated heterocycles. The number of carbonyl (C=O) groups excluding carboxylic acids is 2. The molecule has 5 heteroatoms. The minimum absolute atomic E-state index is 0.0120. The van der Waals surface area contributed by atoms with Crippen LogP contribution in [0.2, 0.25) is 0 Å². The summed E-state index contributed by atoms with van der Waals surface area (Å²) in [7, 11) is 0. The molecule has 0 aliphatic heterocycles. The lowest BCUT2D eigenvalue weighted by Gasteiger charge is -2.21. The minimum Gasteiger partial charge on any atom is -0.355 e. The second kappa shape index (κ2) is 8.15. The molecule has 19 heavy (non-hydrogen) atoms. The van der Waals surface area contributed by atoms with E-state index in [1.54, 1.807) is 13.8 Å².